The Balaban J connectivity index is 2.10. The summed E-state index contributed by atoms with van der Waals surface area (Å²) in [6.45, 7) is 7.07. The summed E-state index contributed by atoms with van der Waals surface area (Å²) in [5, 5.41) is 3.41. The van der Waals surface area contributed by atoms with E-state index in [1.807, 2.05) is 12.1 Å². The smallest absolute Gasteiger partial charge is 0.219 e. The van der Waals surface area contributed by atoms with Crippen LogP contribution in [0.4, 0.5) is 4.39 Å². The maximum atomic E-state index is 13.1. The lowest BCUT2D eigenvalue weighted by molar-refractivity contribution is 0.421. The Bertz CT molecular complexity index is 626. The molecule has 0 saturated heterocycles. The van der Waals surface area contributed by atoms with Crippen molar-refractivity contribution in [2.45, 2.75) is 32.9 Å². The SMILES string of the molecule is CC(C)(C)NCc1ccnc(Oc2ccc(F)cc2Br)c1. The summed E-state index contributed by atoms with van der Waals surface area (Å²) >= 11 is 3.27. The third-order valence-corrected chi connectivity index (χ3v) is 3.35. The highest BCUT2D eigenvalue weighted by molar-refractivity contribution is 9.10. The van der Waals surface area contributed by atoms with E-state index in [0.29, 0.717) is 16.1 Å². The van der Waals surface area contributed by atoms with E-state index in [1.165, 1.54) is 12.1 Å². The standard InChI is InChI=1S/C16H18BrFN2O/c1-16(2,3)20-10-11-6-7-19-15(8-11)21-14-5-4-12(18)9-13(14)17/h4-9,20H,10H2,1-3H3. The molecule has 2 aromatic rings. The van der Waals surface area contributed by atoms with Crippen molar-refractivity contribution in [2.24, 2.45) is 0 Å². The molecule has 112 valence electrons. The maximum absolute atomic E-state index is 13.1. The van der Waals surface area contributed by atoms with Crippen molar-refractivity contribution in [3.8, 4) is 11.6 Å². The zero-order valence-electron chi connectivity index (χ0n) is 12.3. The van der Waals surface area contributed by atoms with Gasteiger partial charge in [0, 0.05) is 24.3 Å². The minimum Gasteiger partial charge on any atom is -0.438 e. The number of benzene rings is 1. The molecule has 1 aromatic heterocycles. The molecule has 3 nitrogen and oxygen atoms in total. The molecule has 0 fully saturated rings. The Hall–Kier alpha value is -1.46. The van der Waals surface area contributed by atoms with Crippen LogP contribution in [0.2, 0.25) is 0 Å². The molecule has 0 bridgehead atoms. The molecule has 0 radical (unpaired) electrons. The van der Waals surface area contributed by atoms with Crippen LogP contribution in [0.5, 0.6) is 11.6 Å². The first-order valence-corrected chi connectivity index (χ1v) is 7.46. The van der Waals surface area contributed by atoms with E-state index in [-0.39, 0.29) is 11.4 Å². The Morgan fingerprint density at radius 2 is 2.00 bits per heavy atom. The van der Waals surface area contributed by atoms with Gasteiger partial charge in [-0.25, -0.2) is 9.37 Å². The van der Waals surface area contributed by atoms with Crippen LogP contribution in [0.25, 0.3) is 0 Å². The summed E-state index contributed by atoms with van der Waals surface area (Å²) in [5.41, 5.74) is 1.12. The minimum atomic E-state index is -0.315. The Kier molecular flexibility index (Phi) is 4.96. The van der Waals surface area contributed by atoms with Crippen molar-refractivity contribution >= 4 is 15.9 Å². The van der Waals surface area contributed by atoms with Gasteiger partial charge in [0.15, 0.2) is 0 Å². The van der Waals surface area contributed by atoms with E-state index >= 15 is 0 Å². The lowest BCUT2D eigenvalue weighted by Crippen LogP contribution is -2.35. The van der Waals surface area contributed by atoms with Crippen LogP contribution in [0.15, 0.2) is 41.0 Å². The average Bonchev–Trinajstić information content (AvgIpc) is 2.39. The van der Waals surface area contributed by atoms with Gasteiger partial charge in [-0.15, -0.1) is 0 Å². The first kappa shape index (κ1) is 15.9. The zero-order chi connectivity index (χ0) is 15.5. The molecule has 21 heavy (non-hydrogen) atoms. The van der Waals surface area contributed by atoms with Gasteiger partial charge in [0.2, 0.25) is 5.88 Å². The number of rotatable bonds is 4. The van der Waals surface area contributed by atoms with Gasteiger partial charge in [0.05, 0.1) is 4.47 Å². The van der Waals surface area contributed by atoms with Crippen molar-refractivity contribution < 1.29 is 9.13 Å². The molecule has 0 atom stereocenters. The predicted molar refractivity (Wildman–Crippen MR) is 85.0 cm³/mol. The number of hydrogen-bond donors (Lipinski definition) is 1. The van der Waals surface area contributed by atoms with Gasteiger partial charge in [-0.1, -0.05) is 0 Å². The van der Waals surface area contributed by atoms with E-state index in [0.717, 1.165) is 12.1 Å². The van der Waals surface area contributed by atoms with Crippen LogP contribution >= 0.6 is 15.9 Å². The summed E-state index contributed by atoms with van der Waals surface area (Å²) in [7, 11) is 0. The van der Waals surface area contributed by atoms with Gasteiger partial charge in [-0.05, 0) is 66.5 Å². The molecule has 0 aliphatic heterocycles. The van der Waals surface area contributed by atoms with Crippen LogP contribution in [0, 0.1) is 5.82 Å². The average molecular weight is 353 g/mol. The van der Waals surface area contributed by atoms with Crippen LogP contribution in [-0.4, -0.2) is 10.5 Å². The molecule has 0 saturated carbocycles. The molecule has 0 unspecified atom stereocenters. The van der Waals surface area contributed by atoms with Crippen molar-refractivity contribution in [3.05, 3.63) is 52.4 Å². The Morgan fingerprint density at radius 3 is 2.67 bits per heavy atom. The van der Waals surface area contributed by atoms with Crippen LogP contribution < -0.4 is 10.1 Å². The Labute approximate surface area is 132 Å². The zero-order valence-corrected chi connectivity index (χ0v) is 13.9. The minimum absolute atomic E-state index is 0.0459. The van der Waals surface area contributed by atoms with Crippen molar-refractivity contribution in [2.75, 3.05) is 0 Å². The number of nitrogens with one attached hydrogen (secondary N) is 1. The maximum Gasteiger partial charge on any atom is 0.219 e. The fourth-order valence-electron chi connectivity index (χ4n) is 1.65. The van der Waals surface area contributed by atoms with E-state index < -0.39 is 0 Å². The van der Waals surface area contributed by atoms with Crippen molar-refractivity contribution in [1.82, 2.24) is 10.3 Å². The third kappa shape index (κ3) is 5.10. The second-order valence-corrected chi connectivity index (χ2v) is 6.64. The van der Waals surface area contributed by atoms with Crippen LogP contribution in [0.3, 0.4) is 0 Å². The molecule has 0 amide bonds. The topological polar surface area (TPSA) is 34.2 Å². The number of nitrogens with zero attached hydrogens (tertiary/aromatic N) is 1. The highest BCUT2D eigenvalue weighted by Crippen LogP contribution is 2.29. The second kappa shape index (κ2) is 6.54. The molecule has 0 aliphatic carbocycles. The first-order chi connectivity index (χ1) is 9.83. The monoisotopic (exact) mass is 352 g/mol. The molecule has 0 aliphatic rings. The number of ether oxygens (including phenoxy) is 1. The fraction of sp³-hybridized carbons (Fsp3) is 0.312. The first-order valence-electron chi connectivity index (χ1n) is 6.66. The second-order valence-electron chi connectivity index (χ2n) is 5.78. The number of pyridine rings is 1. The lowest BCUT2D eigenvalue weighted by Gasteiger charge is -2.20. The molecular formula is C16H18BrFN2O. The van der Waals surface area contributed by atoms with Gasteiger partial charge in [0.25, 0.3) is 0 Å². The van der Waals surface area contributed by atoms with Gasteiger partial charge in [-0.3, -0.25) is 0 Å². The van der Waals surface area contributed by atoms with Gasteiger partial charge < -0.3 is 10.1 Å². The highest BCUT2D eigenvalue weighted by atomic mass is 79.9. The van der Waals surface area contributed by atoms with Gasteiger partial charge >= 0.3 is 0 Å². The molecule has 1 heterocycles. The molecule has 5 heteroatoms. The Morgan fingerprint density at radius 1 is 1.24 bits per heavy atom. The van der Waals surface area contributed by atoms with Gasteiger partial charge in [-0.2, -0.15) is 0 Å². The van der Waals surface area contributed by atoms with Crippen molar-refractivity contribution in [1.29, 1.82) is 0 Å². The van der Waals surface area contributed by atoms with Crippen LogP contribution in [-0.2, 0) is 6.54 Å². The molecule has 1 N–H and O–H groups in total. The number of hydrogen-bond acceptors (Lipinski definition) is 3. The lowest BCUT2D eigenvalue weighted by atomic mass is 10.1. The quantitative estimate of drug-likeness (QED) is 0.868. The van der Waals surface area contributed by atoms with E-state index in [2.05, 4.69) is 47.0 Å². The predicted octanol–water partition coefficient (Wildman–Crippen LogP) is 4.66. The molecular weight excluding hydrogens is 335 g/mol. The van der Waals surface area contributed by atoms with Gasteiger partial charge in [0.1, 0.15) is 11.6 Å². The molecule has 1 aromatic carbocycles. The normalized spacial score (nSPS) is 11.5. The number of halogens is 2. The largest absolute Gasteiger partial charge is 0.438 e. The van der Waals surface area contributed by atoms with E-state index in [4.69, 9.17) is 4.74 Å². The molecule has 2 rings (SSSR count). The third-order valence-electron chi connectivity index (χ3n) is 2.73. The highest BCUT2D eigenvalue weighted by Gasteiger charge is 2.10. The summed E-state index contributed by atoms with van der Waals surface area (Å²) in [6, 6.07) is 8.09. The van der Waals surface area contributed by atoms with Crippen molar-refractivity contribution in [3.63, 3.8) is 0 Å². The summed E-state index contributed by atoms with van der Waals surface area (Å²) < 4.78 is 19.3. The van der Waals surface area contributed by atoms with E-state index in [9.17, 15) is 4.39 Å². The summed E-state index contributed by atoms with van der Waals surface area (Å²) in [6.07, 6.45) is 1.70. The number of aromatic nitrogens is 1. The summed E-state index contributed by atoms with van der Waals surface area (Å²) in [5.74, 6) is 0.700. The molecule has 0 spiro atoms. The van der Waals surface area contributed by atoms with Crippen LogP contribution in [0.1, 0.15) is 26.3 Å². The van der Waals surface area contributed by atoms with E-state index in [1.54, 1.807) is 12.3 Å². The fourth-order valence-corrected chi connectivity index (χ4v) is 2.09. The summed E-state index contributed by atoms with van der Waals surface area (Å²) in [4.78, 5) is 4.18.